The average molecular weight is 382 g/mol. The summed E-state index contributed by atoms with van der Waals surface area (Å²) in [6, 6.07) is 18.3. The molecule has 2 aliphatic rings. The highest BCUT2D eigenvalue weighted by atomic mass is 35.5. The predicted molar refractivity (Wildman–Crippen MR) is 109 cm³/mol. The van der Waals surface area contributed by atoms with E-state index in [1.165, 1.54) is 12.8 Å². The molecule has 2 heterocycles. The molecule has 4 rings (SSSR count). The van der Waals surface area contributed by atoms with E-state index in [4.69, 9.17) is 16.3 Å². The van der Waals surface area contributed by atoms with Crippen molar-refractivity contribution < 1.29 is 9.53 Å². The van der Waals surface area contributed by atoms with Crippen molar-refractivity contribution in [3.63, 3.8) is 0 Å². The molecule has 0 N–H and O–H groups in total. The summed E-state index contributed by atoms with van der Waals surface area (Å²) in [5.74, 6) is -0.255. The van der Waals surface area contributed by atoms with Crippen LogP contribution in [-0.4, -0.2) is 36.1 Å². The number of hydrogen-bond acceptors (Lipinski definition) is 3. The van der Waals surface area contributed by atoms with E-state index in [-0.39, 0.29) is 12.1 Å². The van der Waals surface area contributed by atoms with E-state index in [1.807, 2.05) is 48.5 Å². The molecule has 2 fully saturated rings. The molecule has 2 aliphatic heterocycles. The lowest BCUT2D eigenvalue weighted by Gasteiger charge is -2.35. The Kier molecular flexibility index (Phi) is 5.33. The number of nitrogens with zero attached hydrogens (tertiary/aromatic N) is 1. The quantitative estimate of drug-likeness (QED) is 0.421. The van der Waals surface area contributed by atoms with E-state index in [9.17, 15) is 4.79 Å². The van der Waals surface area contributed by atoms with Gasteiger partial charge in [-0.3, -0.25) is 0 Å². The summed E-state index contributed by atoms with van der Waals surface area (Å²) < 4.78 is 5.97. The fourth-order valence-corrected chi connectivity index (χ4v) is 4.40. The zero-order valence-corrected chi connectivity index (χ0v) is 16.2. The third kappa shape index (κ3) is 4.10. The topological polar surface area (TPSA) is 29.5 Å². The van der Waals surface area contributed by atoms with Crippen LogP contribution in [0.1, 0.15) is 36.8 Å². The van der Waals surface area contributed by atoms with Crippen LogP contribution in [0, 0.1) is 0 Å². The first-order valence-electron chi connectivity index (χ1n) is 9.56. The Balaban J connectivity index is 1.57. The van der Waals surface area contributed by atoms with E-state index in [0.29, 0.717) is 22.7 Å². The summed E-state index contributed by atoms with van der Waals surface area (Å²) in [6.45, 7) is 0. The Morgan fingerprint density at radius 2 is 1.67 bits per heavy atom. The number of fused-ring (bicyclic) bond motifs is 2. The van der Waals surface area contributed by atoms with Gasteiger partial charge in [-0.1, -0.05) is 54.1 Å². The van der Waals surface area contributed by atoms with E-state index in [2.05, 4.69) is 11.9 Å². The van der Waals surface area contributed by atoms with Gasteiger partial charge >= 0.3 is 5.97 Å². The largest absolute Gasteiger partial charge is 0.459 e. The minimum absolute atomic E-state index is 0.00215. The molecular formula is C23H24ClNO2. The molecule has 2 aromatic rings. The molecule has 0 saturated carbocycles. The van der Waals surface area contributed by atoms with Crippen LogP contribution in [0.25, 0.3) is 11.6 Å². The van der Waals surface area contributed by atoms with Gasteiger partial charge in [0.05, 0.1) is 5.57 Å². The maximum atomic E-state index is 13.1. The summed E-state index contributed by atoms with van der Waals surface area (Å²) in [5, 5.41) is 0.651. The number of hydrogen-bond donors (Lipinski definition) is 0. The van der Waals surface area contributed by atoms with Gasteiger partial charge in [-0.15, -0.1) is 0 Å². The molecule has 2 saturated heterocycles. The normalized spacial score (nSPS) is 25.4. The summed E-state index contributed by atoms with van der Waals surface area (Å²) in [6.07, 6.45) is 6.17. The predicted octanol–water partition coefficient (Wildman–Crippen LogP) is 5.05. The van der Waals surface area contributed by atoms with Gasteiger partial charge in [0, 0.05) is 29.9 Å². The molecule has 3 nitrogen and oxygen atoms in total. The van der Waals surface area contributed by atoms with Crippen molar-refractivity contribution >= 4 is 29.2 Å². The van der Waals surface area contributed by atoms with E-state index in [1.54, 1.807) is 12.1 Å². The van der Waals surface area contributed by atoms with Crippen LogP contribution < -0.4 is 0 Å². The molecule has 0 spiro atoms. The fraction of sp³-hybridized carbons (Fsp3) is 0.348. The number of piperidine rings is 1. The van der Waals surface area contributed by atoms with Gasteiger partial charge in [0.15, 0.2) is 0 Å². The lowest BCUT2D eigenvalue weighted by Crippen LogP contribution is -2.43. The van der Waals surface area contributed by atoms with Crippen LogP contribution in [0.3, 0.4) is 0 Å². The molecule has 4 heteroatoms. The highest BCUT2D eigenvalue weighted by molar-refractivity contribution is 6.30. The minimum Gasteiger partial charge on any atom is -0.459 e. The number of rotatable bonds is 4. The Bertz CT molecular complexity index is 817. The van der Waals surface area contributed by atoms with Gasteiger partial charge in [0.2, 0.25) is 0 Å². The lowest BCUT2D eigenvalue weighted by molar-refractivity contribution is -0.144. The van der Waals surface area contributed by atoms with Crippen molar-refractivity contribution in [2.45, 2.75) is 43.9 Å². The first-order valence-corrected chi connectivity index (χ1v) is 9.93. The minimum atomic E-state index is -0.255. The van der Waals surface area contributed by atoms with E-state index >= 15 is 0 Å². The number of ether oxygens (including phenoxy) is 1. The van der Waals surface area contributed by atoms with Crippen molar-refractivity contribution in [3.8, 4) is 0 Å². The highest BCUT2D eigenvalue weighted by Crippen LogP contribution is 2.36. The summed E-state index contributed by atoms with van der Waals surface area (Å²) >= 11 is 6.02. The van der Waals surface area contributed by atoms with Crippen molar-refractivity contribution in [3.05, 3.63) is 70.7 Å². The van der Waals surface area contributed by atoms with Crippen molar-refractivity contribution in [1.82, 2.24) is 4.90 Å². The van der Waals surface area contributed by atoms with E-state index < -0.39 is 0 Å². The van der Waals surface area contributed by atoms with Crippen molar-refractivity contribution in [2.24, 2.45) is 0 Å². The first-order chi connectivity index (χ1) is 13.1. The number of benzene rings is 2. The second-order valence-electron chi connectivity index (χ2n) is 7.52. The number of carbonyl (C=O) groups is 1. The third-order valence-electron chi connectivity index (χ3n) is 5.81. The van der Waals surface area contributed by atoms with Gasteiger partial charge in [0.25, 0.3) is 0 Å². The van der Waals surface area contributed by atoms with Gasteiger partial charge in [-0.2, -0.15) is 0 Å². The van der Waals surface area contributed by atoms with Gasteiger partial charge in [-0.25, -0.2) is 4.79 Å². The van der Waals surface area contributed by atoms with E-state index in [0.717, 1.165) is 24.0 Å². The molecule has 0 aliphatic carbocycles. The van der Waals surface area contributed by atoms with Crippen molar-refractivity contribution in [2.75, 3.05) is 7.05 Å². The Hall–Kier alpha value is -2.10. The van der Waals surface area contributed by atoms with Crippen molar-refractivity contribution in [1.29, 1.82) is 0 Å². The molecule has 2 atom stereocenters. The maximum absolute atomic E-state index is 13.1. The summed E-state index contributed by atoms with van der Waals surface area (Å²) in [4.78, 5) is 15.5. The molecule has 27 heavy (non-hydrogen) atoms. The second-order valence-corrected chi connectivity index (χ2v) is 7.96. The smallest absolute Gasteiger partial charge is 0.339 e. The summed E-state index contributed by atoms with van der Waals surface area (Å²) in [7, 11) is 2.19. The number of carbonyl (C=O) groups excluding carboxylic acids is 1. The van der Waals surface area contributed by atoms with Crippen LogP contribution >= 0.6 is 11.6 Å². The average Bonchev–Trinajstić information content (AvgIpc) is 2.89. The molecule has 0 aromatic heterocycles. The highest BCUT2D eigenvalue weighted by Gasteiger charge is 2.40. The van der Waals surface area contributed by atoms with Crippen LogP contribution in [0.5, 0.6) is 0 Å². The van der Waals surface area contributed by atoms with Gasteiger partial charge < -0.3 is 9.64 Å². The zero-order valence-electron chi connectivity index (χ0n) is 15.5. The molecule has 0 amide bonds. The first kappa shape index (κ1) is 18.3. The zero-order chi connectivity index (χ0) is 18.8. The Morgan fingerprint density at radius 1 is 1.04 bits per heavy atom. The van der Waals surface area contributed by atoms with Crippen LogP contribution in [0.15, 0.2) is 54.6 Å². The number of esters is 1. The molecule has 2 bridgehead atoms. The molecule has 2 unspecified atom stereocenters. The van der Waals surface area contributed by atoms with Crippen LogP contribution in [0.4, 0.5) is 0 Å². The fourth-order valence-electron chi connectivity index (χ4n) is 4.28. The SMILES string of the molecule is CN1C2CCC1CC(OC(=O)/C(=C/c1ccccc1)c1ccc(Cl)cc1)C2. The van der Waals surface area contributed by atoms with Gasteiger partial charge in [-0.05, 0) is 49.2 Å². The Morgan fingerprint density at radius 3 is 2.30 bits per heavy atom. The lowest BCUT2D eigenvalue weighted by atomic mass is 9.99. The maximum Gasteiger partial charge on any atom is 0.339 e. The molecule has 0 radical (unpaired) electrons. The number of halogens is 1. The Labute approximate surface area is 165 Å². The second kappa shape index (κ2) is 7.87. The third-order valence-corrected chi connectivity index (χ3v) is 6.07. The van der Waals surface area contributed by atoms with Crippen LogP contribution in [-0.2, 0) is 9.53 Å². The molecule has 2 aromatic carbocycles. The van der Waals surface area contributed by atoms with Crippen LogP contribution in [0.2, 0.25) is 5.02 Å². The van der Waals surface area contributed by atoms with Gasteiger partial charge in [0.1, 0.15) is 6.10 Å². The standard InChI is InChI=1S/C23H24ClNO2/c1-25-19-11-12-20(25)15-21(14-19)27-23(26)22(13-16-5-3-2-4-6-16)17-7-9-18(24)10-8-17/h2-10,13,19-21H,11-12,14-15H2,1H3/b22-13+. The molecule has 140 valence electrons. The molecular weight excluding hydrogens is 358 g/mol. The monoisotopic (exact) mass is 381 g/mol. The summed E-state index contributed by atoms with van der Waals surface area (Å²) in [5.41, 5.74) is 2.37.